The van der Waals surface area contributed by atoms with Crippen LogP contribution in [0.5, 0.6) is 11.5 Å². The van der Waals surface area contributed by atoms with Gasteiger partial charge in [-0.25, -0.2) is 0 Å². The van der Waals surface area contributed by atoms with E-state index in [9.17, 15) is 5.11 Å². The predicted octanol–water partition coefficient (Wildman–Crippen LogP) is 3.81. The van der Waals surface area contributed by atoms with E-state index in [-0.39, 0.29) is 6.04 Å². The maximum absolute atomic E-state index is 9.90. The van der Waals surface area contributed by atoms with E-state index in [0.717, 1.165) is 29.8 Å². The molecular weight excluding hydrogens is 250 g/mol. The van der Waals surface area contributed by atoms with E-state index < -0.39 is 0 Å². The minimum atomic E-state index is 0.230. The number of aryl methyl sites for hydroxylation is 1. The van der Waals surface area contributed by atoms with E-state index in [1.54, 1.807) is 13.2 Å². The van der Waals surface area contributed by atoms with Gasteiger partial charge >= 0.3 is 0 Å². The molecule has 1 aliphatic rings. The molecule has 104 valence electrons. The summed E-state index contributed by atoms with van der Waals surface area (Å²) in [6.45, 7) is 2.05. The maximum atomic E-state index is 9.90. The number of rotatable bonds is 3. The molecule has 0 saturated heterocycles. The van der Waals surface area contributed by atoms with Crippen LogP contribution in [-0.4, -0.2) is 12.2 Å². The van der Waals surface area contributed by atoms with Crippen molar-refractivity contribution in [3.8, 4) is 11.5 Å². The van der Waals surface area contributed by atoms with Crippen molar-refractivity contribution in [2.75, 3.05) is 12.4 Å². The number of aromatic hydroxyl groups is 1. The monoisotopic (exact) mass is 269 g/mol. The van der Waals surface area contributed by atoms with Gasteiger partial charge < -0.3 is 15.2 Å². The third kappa shape index (κ3) is 2.20. The highest BCUT2D eigenvalue weighted by Crippen LogP contribution is 2.39. The number of methoxy groups -OCH3 is 1. The Morgan fingerprint density at radius 2 is 2.10 bits per heavy atom. The van der Waals surface area contributed by atoms with Crippen molar-refractivity contribution in [1.29, 1.82) is 0 Å². The molecule has 1 aliphatic carbocycles. The van der Waals surface area contributed by atoms with E-state index in [0.29, 0.717) is 5.75 Å². The standard InChI is InChI=1S/C17H19NO2/c1-11-6-8-15(17(10-11)20-2)18-14-9-7-13-12(14)4-3-5-16(13)19/h3-6,8,10,14,18-19H,7,9H2,1-2H3. The molecule has 0 spiro atoms. The molecule has 0 bridgehead atoms. The first-order valence-corrected chi connectivity index (χ1v) is 6.91. The minimum absolute atomic E-state index is 0.230. The number of ether oxygens (including phenoxy) is 1. The number of benzene rings is 2. The number of fused-ring (bicyclic) bond motifs is 1. The van der Waals surface area contributed by atoms with Gasteiger partial charge in [-0.05, 0) is 54.7 Å². The van der Waals surface area contributed by atoms with Gasteiger partial charge in [0.05, 0.1) is 18.8 Å². The van der Waals surface area contributed by atoms with Gasteiger partial charge in [-0.15, -0.1) is 0 Å². The molecule has 3 heteroatoms. The van der Waals surface area contributed by atoms with Crippen LogP contribution in [0.3, 0.4) is 0 Å². The van der Waals surface area contributed by atoms with Crippen LogP contribution in [-0.2, 0) is 6.42 Å². The fraction of sp³-hybridized carbons (Fsp3) is 0.294. The lowest BCUT2D eigenvalue weighted by molar-refractivity contribution is 0.415. The summed E-state index contributed by atoms with van der Waals surface area (Å²) in [7, 11) is 1.69. The lowest BCUT2D eigenvalue weighted by atomic mass is 10.1. The number of phenols is 1. The molecule has 0 heterocycles. The molecule has 2 aromatic carbocycles. The Morgan fingerprint density at radius 3 is 2.90 bits per heavy atom. The summed E-state index contributed by atoms with van der Waals surface area (Å²) in [6, 6.07) is 12.1. The summed E-state index contributed by atoms with van der Waals surface area (Å²) in [5.41, 5.74) is 4.43. The largest absolute Gasteiger partial charge is 0.508 e. The first-order chi connectivity index (χ1) is 9.69. The quantitative estimate of drug-likeness (QED) is 0.890. The first-order valence-electron chi connectivity index (χ1n) is 6.91. The lowest BCUT2D eigenvalue weighted by Crippen LogP contribution is -2.08. The molecule has 2 N–H and O–H groups in total. The fourth-order valence-corrected chi connectivity index (χ4v) is 2.89. The Bertz CT molecular complexity index is 637. The molecule has 0 saturated carbocycles. The van der Waals surface area contributed by atoms with Crippen LogP contribution in [0.2, 0.25) is 0 Å². The maximum Gasteiger partial charge on any atom is 0.142 e. The van der Waals surface area contributed by atoms with Crippen molar-refractivity contribution in [2.45, 2.75) is 25.8 Å². The highest BCUT2D eigenvalue weighted by Gasteiger charge is 2.25. The van der Waals surface area contributed by atoms with Crippen molar-refractivity contribution in [2.24, 2.45) is 0 Å². The number of phenolic OH excluding ortho intramolecular Hbond substituents is 1. The van der Waals surface area contributed by atoms with Crippen molar-refractivity contribution in [3.63, 3.8) is 0 Å². The highest BCUT2D eigenvalue weighted by atomic mass is 16.5. The molecule has 1 unspecified atom stereocenters. The number of anilines is 1. The van der Waals surface area contributed by atoms with Gasteiger partial charge in [0.2, 0.25) is 0 Å². The van der Waals surface area contributed by atoms with Crippen LogP contribution >= 0.6 is 0 Å². The number of hydrogen-bond donors (Lipinski definition) is 2. The van der Waals surface area contributed by atoms with E-state index in [4.69, 9.17) is 4.74 Å². The summed E-state index contributed by atoms with van der Waals surface area (Å²) in [5, 5.41) is 13.4. The second-order valence-corrected chi connectivity index (χ2v) is 5.28. The predicted molar refractivity (Wildman–Crippen MR) is 80.5 cm³/mol. The van der Waals surface area contributed by atoms with Crippen molar-refractivity contribution < 1.29 is 9.84 Å². The Kier molecular flexibility index (Phi) is 3.26. The molecule has 0 radical (unpaired) electrons. The molecule has 0 aliphatic heterocycles. The Labute approximate surface area is 119 Å². The lowest BCUT2D eigenvalue weighted by Gasteiger charge is -2.18. The zero-order valence-corrected chi connectivity index (χ0v) is 11.8. The average molecular weight is 269 g/mol. The van der Waals surface area contributed by atoms with E-state index in [2.05, 4.69) is 30.4 Å². The van der Waals surface area contributed by atoms with E-state index in [1.165, 1.54) is 11.1 Å². The third-order valence-corrected chi connectivity index (χ3v) is 3.93. The zero-order valence-electron chi connectivity index (χ0n) is 11.8. The summed E-state index contributed by atoms with van der Waals surface area (Å²) in [4.78, 5) is 0. The van der Waals surface area contributed by atoms with Gasteiger partial charge in [0, 0.05) is 0 Å². The molecule has 2 aromatic rings. The van der Waals surface area contributed by atoms with Crippen LogP contribution in [0.1, 0.15) is 29.2 Å². The fourth-order valence-electron chi connectivity index (χ4n) is 2.89. The number of hydrogen-bond acceptors (Lipinski definition) is 3. The molecule has 0 amide bonds. The Hall–Kier alpha value is -2.16. The van der Waals surface area contributed by atoms with Crippen molar-refractivity contribution >= 4 is 5.69 Å². The average Bonchev–Trinajstić information content (AvgIpc) is 2.85. The van der Waals surface area contributed by atoms with Crippen LogP contribution in [0.4, 0.5) is 5.69 Å². The molecule has 0 aromatic heterocycles. The summed E-state index contributed by atoms with van der Waals surface area (Å²) in [5.74, 6) is 1.27. The Morgan fingerprint density at radius 1 is 1.25 bits per heavy atom. The third-order valence-electron chi connectivity index (χ3n) is 3.93. The topological polar surface area (TPSA) is 41.5 Å². The van der Waals surface area contributed by atoms with Crippen molar-refractivity contribution in [1.82, 2.24) is 0 Å². The summed E-state index contributed by atoms with van der Waals surface area (Å²) in [6.07, 6.45) is 1.90. The van der Waals surface area contributed by atoms with Crippen LogP contribution in [0.25, 0.3) is 0 Å². The molecule has 0 fully saturated rings. The van der Waals surface area contributed by atoms with Crippen LogP contribution < -0.4 is 10.1 Å². The van der Waals surface area contributed by atoms with Gasteiger partial charge in [0.15, 0.2) is 0 Å². The highest BCUT2D eigenvalue weighted by molar-refractivity contribution is 5.60. The second-order valence-electron chi connectivity index (χ2n) is 5.28. The van der Waals surface area contributed by atoms with E-state index in [1.807, 2.05) is 12.1 Å². The SMILES string of the molecule is COc1cc(C)ccc1NC1CCc2c(O)cccc21. The molecule has 20 heavy (non-hydrogen) atoms. The van der Waals surface area contributed by atoms with Gasteiger partial charge in [-0.3, -0.25) is 0 Å². The Balaban J connectivity index is 1.89. The van der Waals surface area contributed by atoms with Gasteiger partial charge in [0.1, 0.15) is 11.5 Å². The summed E-state index contributed by atoms with van der Waals surface area (Å²) < 4.78 is 5.44. The number of nitrogens with one attached hydrogen (secondary N) is 1. The van der Waals surface area contributed by atoms with Crippen molar-refractivity contribution in [3.05, 3.63) is 53.1 Å². The minimum Gasteiger partial charge on any atom is -0.508 e. The molecule has 3 rings (SSSR count). The molecule has 1 atom stereocenters. The van der Waals surface area contributed by atoms with E-state index >= 15 is 0 Å². The van der Waals surface area contributed by atoms with Crippen LogP contribution in [0.15, 0.2) is 36.4 Å². The zero-order chi connectivity index (χ0) is 14.1. The van der Waals surface area contributed by atoms with Gasteiger partial charge in [-0.2, -0.15) is 0 Å². The smallest absolute Gasteiger partial charge is 0.142 e. The first kappa shape index (κ1) is 12.9. The normalized spacial score (nSPS) is 16.8. The van der Waals surface area contributed by atoms with Crippen LogP contribution in [0, 0.1) is 6.92 Å². The second kappa shape index (κ2) is 5.08. The van der Waals surface area contributed by atoms with Gasteiger partial charge in [-0.1, -0.05) is 18.2 Å². The molecule has 3 nitrogen and oxygen atoms in total. The molecular formula is C17H19NO2. The van der Waals surface area contributed by atoms with Gasteiger partial charge in [0.25, 0.3) is 0 Å². The summed E-state index contributed by atoms with van der Waals surface area (Å²) >= 11 is 0.